The SMILES string of the molecule is CC1(C)c2cccc([B-](c3c(F)c(F)c(F)c(F)c3F)c3c(F)c(F)c(F)c(F)c3F)c2Oc2c1cccc2[P+]([B-]N[B-]N)(c1ccccc1)c1ccccc1. The fourth-order valence-electron chi connectivity index (χ4n) is 7.37. The molecule has 0 amide bonds. The van der Waals surface area contributed by atoms with Crippen molar-refractivity contribution in [3.8, 4) is 11.5 Å². The first-order valence-corrected chi connectivity index (χ1v) is 18.7. The van der Waals surface area contributed by atoms with Gasteiger partial charge in [0.25, 0.3) is 0 Å². The van der Waals surface area contributed by atoms with Crippen LogP contribution in [0.1, 0.15) is 25.0 Å². The number of rotatable bonds is 9. The number of halogens is 10. The lowest BCUT2D eigenvalue weighted by atomic mass is 9.35. The van der Waals surface area contributed by atoms with Gasteiger partial charge in [-0.1, -0.05) is 87.7 Å². The fourth-order valence-corrected chi connectivity index (χ4v) is 11.1. The smallest absolute Gasteiger partial charge is 0.200 e. The monoisotopic (exact) mass is 791 g/mol. The fraction of sp³-hybridized carbons (Fsp3) is 0.0769. The summed E-state index contributed by atoms with van der Waals surface area (Å²) in [5.74, 6) is -25.7. The van der Waals surface area contributed by atoms with Crippen molar-refractivity contribution in [3.05, 3.63) is 166 Å². The molecule has 6 aromatic carbocycles. The van der Waals surface area contributed by atoms with Gasteiger partial charge in [0.05, 0.1) is 21.7 Å². The number of hydrogen-bond acceptors (Lipinski definition) is 3. The predicted molar refractivity (Wildman–Crippen MR) is 200 cm³/mol. The van der Waals surface area contributed by atoms with E-state index in [0.717, 1.165) is 16.7 Å². The van der Waals surface area contributed by atoms with Crippen LogP contribution in [0.4, 0.5) is 43.9 Å². The molecule has 7 rings (SSSR count). The van der Waals surface area contributed by atoms with E-state index < -0.39 is 93.8 Å². The molecular weight excluding hydrogens is 766 g/mol. The molecule has 0 spiro atoms. The highest BCUT2D eigenvalue weighted by Gasteiger charge is 2.43. The van der Waals surface area contributed by atoms with Crippen molar-refractivity contribution < 1.29 is 48.6 Å². The Morgan fingerprint density at radius 2 is 0.946 bits per heavy atom. The second-order valence-electron chi connectivity index (χ2n) is 13.4. The number of benzene rings is 6. The summed E-state index contributed by atoms with van der Waals surface area (Å²) in [5.41, 5.74) is 1.01. The summed E-state index contributed by atoms with van der Waals surface area (Å²) in [5, 5.41) is 5.11. The Morgan fingerprint density at radius 3 is 1.39 bits per heavy atom. The van der Waals surface area contributed by atoms with Crippen LogP contribution in [0.3, 0.4) is 0 Å². The Bertz CT molecular complexity index is 2350. The number of nitrogens with one attached hydrogen (secondary N) is 1. The van der Waals surface area contributed by atoms with Gasteiger partial charge < -0.3 is 15.5 Å². The van der Waals surface area contributed by atoms with Crippen LogP contribution in [0.15, 0.2) is 97.1 Å². The van der Waals surface area contributed by atoms with E-state index in [1.54, 1.807) is 39.2 Å². The van der Waals surface area contributed by atoms with E-state index in [1.807, 2.05) is 60.7 Å². The average molecular weight is 791 g/mol. The number of fused-ring (bicyclic) bond motifs is 2. The second kappa shape index (κ2) is 14.8. The van der Waals surface area contributed by atoms with Crippen molar-refractivity contribution in [2.75, 3.05) is 0 Å². The van der Waals surface area contributed by atoms with Gasteiger partial charge in [-0.25, -0.2) is 51.5 Å². The highest BCUT2D eigenvalue weighted by atomic mass is 31.2. The van der Waals surface area contributed by atoms with Crippen molar-refractivity contribution in [1.82, 2.24) is 5.14 Å². The lowest BCUT2D eigenvalue weighted by molar-refractivity contribution is 0.382. The molecule has 1 aliphatic rings. The van der Waals surface area contributed by atoms with Crippen LogP contribution < -0.4 is 47.8 Å². The zero-order valence-electron chi connectivity index (χ0n) is 29.2. The molecule has 0 saturated carbocycles. The number of nitrogens with two attached hydrogens (primary N) is 1. The zero-order chi connectivity index (χ0) is 40.3. The molecule has 0 aliphatic carbocycles. The van der Waals surface area contributed by atoms with Crippen LogP contribution in [-0.4, -0.2) is 21.4 Å². The molecule has 0 unspecified atom stereocenters. The molecule has 6 aromatic rings. The summed E-state index contributed by atoms with van der Waals surface area (Å²) >= 11 is 0. The van der Waals surface area contributed by atoms with Gasteiger partial charge in [-0.15, -0.1) is 0 Å². The van der Waals surface area contributed by atoms with Gasteiger partial charge in [0.2, 0.25) is 0 Å². The molecular formula is C39H25B3F10N2OP-2. The van der Waals surface area contributed by atoms with E-state index in [2.05, 4.69) is 5.14 Å². The largest absolute Gasteiger partial charge is 0.716 e. The third kappa shape index (κ3) is 5.92. The van der Waals surface area contributed by atoms with Crippen molar-refractivity contribution >= 4 is 60.8 Å². The average Bonchev–Trinajstić information content (AvgIpc) is 3.21. The van der Waals surface area contributed by atoms with Crippen molar-refractivity contribution in [3.63, 3.8) is 0 Å². The molecule has 3 nitrogen and oxygen atoms in total. The van der Waals surface area contributed by atoms with Crippen molar-refractivity contribution in [1.29, 1.82) is 0 Å². The first kappa shape index (κ1) is 39.2. The zero-order valence-corrected chi connectivity index (χ0v) is 30.1. The normalized spacial score (nSPS) is 13.4. The first-order chi connectivity index (χ1) is 26.7. The van der Waals surface area contributed by atoms with Gasteiger partial charge in [0, 0.05) is 16.5 Å². The highest BCUT2D eigenvalue weighted by molar-refractivity contribution is 8.16. The van der Waals surface area contributed by atoms with Crippen molar-refractivity contribution in [2.24, 2.45) is 5.64 Å². The number of ether oxygens (including phenoxy) is 1. The molecule has 0 bridgehead atoms. The van der Waals surface area contributed by atoms with E-state index in [0.29, 0.717) is 10.9 Å². The lowest BCUT2D eigenvalue weighted by Crippen LogP contribution is -2.59. The molecule has 283 valence electrons. The third-order valence-electron chi connectivity index (χ3n) is 10.0. The molecule has 56 heavy (non-hydrogen) atoms. The van der Waals surface area contributed by atoms with Gasteiger partial charge in [-0.3, -0.25) is 0 Å². The van der Waals surface area contributed by atoms with Crippen LogP contribution in [0, 0.1) is 58.2 Å². The third-order valence-corrected chi connectivity index (χ3v) is 13.9. The molecule has 1 aliphatic heterocycles. The Kier molecular flexibility index (Phi) is 10.4. The maximum atomic E-state index is 15.8. The molecule has 5 radical (unpaired) electrons. The topological polar surface area (TPSA) is 47.3 Å². The van der Waals surface area contributed by atoms with Crippen molar-refractivity contribution in [2.45, 2.75) is 19.3 Å². The Labute approximate surface area is 316 Å². The molecule has 0 saturated heterocycles. The Balaban J connectivity index is 1.59. The van der Waals surface area contributed by atoms with Gasteiger partial charge in [-0.2, -0.15) is 16.4 Å². The lowest BCUT2D eigenvalue weighted by Gasteiger charge is -2.45. The van der Waals surface area contributed by atoms with E-state index in [1.165, 1.54) is 19.7 Å². The van der Waals surface area contributed by atoms with E-state index >= 15 is 17.6 Å². The van der Waals surface area contributed by atoms with Gasteiger partial charge in [-0.05, 0) is 44.2 Å². The summed E-state index contributed by atoms with van der Waals surface area (Å²) in [4.78, 5) is 0. The van der Waals surface area contributed by atoms with Crippen LogP contribution >= 0.6 is 7.14 Å². The maximum absolute atomic E-state index is 15.8. The summed E-state index contributed by atoms with van der Waals surface area (Å²) in [6.45, 7) is 0.618. The number of hydrogen-bond donors (Lipinski definition) is 2. The highest BCUT2D eigenvalue weighted by Crippen LogP contribution is 2.58. The van der Waals surface area contributed by atoms with E-state index in [-0.39, 0.29) is 17.1 Å². The maximum Gasteiger partial charge on any atom is 0.200 e. The number of para-hydroxylation sites is 2. The minimum absolute atomic E-state index is 0.141. The first-order valence-electron chi connectivity index (χ1n) is 16.8. The van der Waals surface area contributed by atoms with Gasteiger partial charge in [0.15, 0.2) is 40.7 Å². The molecule has 3 N–H and O–H groups in total. The molecule has 0 atom stereocenters. The van der Waals surface area contributed by atoms with Crippen LogP contribution in [0.25, 0.3) is 0 Å². The van der Waals surface area contributed by atoms with Gasteiger partial charge in [0.1, 0.15) is 23.3 Å². The van der Waals surface area contributed by atoms with Gasteiger partial charge >= 0.3 is 0 Å². The Morgan fingerprint density at radius 1 is 0.536 bits per heavy atom. The quantitative estimate of drug-likeness (QED) is 0.0628. The summed E-state index contributed by atoms with van der Waals surface area (Å²) in [6, 6.07) is 27.4. The van der Waals surface area contributed by atoms with E-state index in [4.69, 9.17) is 10.4 Å². The van der Waals surface area contributed by atoms with Crippen LogP contribution in [-0.2, 0) is 5.41 Å². The van der Waals surface area contributed by atoms with Crippen LogP contribution in [0.5, 0.6) is 11.5 Å². The predicted octanol–water partition coefficient (Wildman–Crippen LogP) is 5.94. The Hall–Kier alpha value is -5.04. The summed E-state index contributed by atoms with van der Waals surface area (Å²) < 4.78 is 158. The molecule has 0 aromatic heterocycles. The summed E-state index contributed by atoms with van der Waals surface area (Å²) in [7, 11) is -0.0115. The summed E-state index contributed by atoms with van der Waals surface area (Å²) in [6.07, 6.45) is 0. The minimum Gasteiger partial charge on any atom is -0.716 e. The molecule has 1 heterocycles. The standard InChI is InChI=1S/C39H25B3F10N2OP/c1-39(2)21-15-9-17-23(42(25-27(43)31(47)35(51)32(48)28(25)44)26-29(45)33(49)36(52)34(50)30(26)46)37(21)55-38-22(39)16-10-18-24(38)56(41-54-40-53,19-11-5-3-6-12-19)20-13-7-4-8-14-20/h3-18,54H,53H2,1-2H3/q-2. The van der Waals surface area contributed by atoms with Crippen LogP contribution in [0.2, 0.25) is 0 Å². The van der Waals surface area contributed by atoms with E-state index in [9.17, 15) is 26.3 Å². The molecule has 17 heteroatoms. The molecule has 0 fully saturated rings. The second-order valence-corrected chi connectivity index (χ2v) is 16.6. The minimum atomic E-state index is -3.02.